The molecule has 12 nitrogen and oxygen atoms in total. The summed E-state index contributed by atoms with van der Waals surface area (Å²) in [4.78, 5) is 43.0. The first-order valence-electron chi connectivity index (χ1n) is 12.6. The lowest BCUT2D eigenvalue weighted by molar-refractivity contribution is -0.141. The summed E-state index contributed by atoms with van der Waals surface area (Å²) >= 11 is 0. The van der Waals surface area contributed by atoms with Crippen molar-refractivity contribution in [3.63, 3.8) is 0 Å². The van der Waals surface area contributed by atoms with Gasteiger partial charge in [0.15, 0.2) is 11.6 Å². The van der Waals surface area contributed by atoms with Gasteiger partial charge >= 0.3 is 6.03 Å². The fourth-order valence-electron chi connectivity index (χ4n) is 4.80. The number of pyridine rings is 1. The van der Waals surface area contributed by atoms with Gasteiger partial charge in [-0.05, 0) is 46.6 Å². The molecule has 0 aliphatic carbocycles. The van der Waals surface area contributed by atoms with Crippen molar-refractivity contribution in [2.45, 2.75) is 64.5 Å². The summed E-state index contributed by atoms with van der Waals surface area (Å²) in [6, 6.07) is 2.87. The zero-order valence-corrected chi connectivity index (χ0v) is 21.6. The first-order valence-corrected chi connectivity index (χ1v) is 12.6. The highest BCUT2D eigenvalue weighted by Crippen LogP contribution is 2.37. The molecule has 5 rings (SSSR count). The highest BCUT2D eigenvalue weighted by Gasteiger charge is 2.39. The van der Waals surface area contributed by atoms with Crippen molar-refractivity contribution in [3.8, 4) is 5.75 Å². The molecule has 0 radical (unpaired) electrons. The fourth-order valence-corrected chi connectivity index (χ4v) is 4.80. The number of nitrogens with one attached hydrogen (secondary N) is 2. The Hall–Kier alpha value is -3.51. The van der Waals surface area contributed by atoms with Crippen LogP contribution in [0.3, 0.4) is 0 Å². The van der Waals surface area contributed by atoms with Crippen molar-refractivity contribution < 1.29 is 23.8 Å². The Morgan fingerprint density at radius 3 is 2.89 bits per heavy atom. The second-order valence-corrected chi connectivity index (χ2v) is 10.2. The summed E-state index contributed by atoms with van der Waals surface area (Å²) in [6.07, 6.45) is 4.79. The van der Waals surface area contributed by atoms with E-state index in [1.54, 1.807) is 29.4 Å². The topological polar surface area (TPSA) is 131 Å². The van der Waals surface area contributed by atoms with E-state index in [0.717, 1.165) is 25.1 Å². The number of ether oxygens (including phenoxy) is 3. The van der Waals surface area contributed by atoms with Crippen LogP contribution in [0.1, 0.15) is 51.2 Å². The fraction of sp³-hybridized carbons (Fsp3) is 0.560. The minimum Gasteiger partial charge on any atom is -0.491 e. The van der Waals surface area contributed by atoms with Crippen molar-refractivity contribution in [2.24, 2.45) is 0 Å². The number of rotatable bonds is 6. The lowest BCUT2D eigenvalue weighted by atomic mass is 10.0. The number of hydrogen-bond donors (Lipinski definition) is 2. The lowest BCUT2D eigenvalue weighted by Gasteiger charge is -2.45. The number of amides is 3. The number of carbonyl (C=O) groups excluding carboxylic acids is 2. The van der Waals surface area contributed by atoms with Gasteiger partial charge in [-0.1, -0.05) is 0 Å². The van der Waals surface area contributed by atoms with Crippen molar-refractivity contribution in [1.29, 1.82) is 0 Å². The van der Waals surface area contributed by atoms with Crippen molar-refractivity contribution >= 4 is 29.3 Å². The van der Waals surface area contributed by atoms with E-state index < -0.39 is 5.79 Å². The van der Waals surface area contributed by atoms with Crippen LogP contribution in [0.2, 0.25) is 0 Å². The van der Waals surface area contributed by atoms with Gasteiger partial charge in [-0.3, -0.25) is 15.0 Å². The van der Waals surface area contributed by atoms with Crippen molar-refractivity contribution in [3.05, 3.63) is 30.4 Å². The van der Waals surface area contributed by atoms with Crippen LogP contribution in [0.5, 0.6) is 5.75 Å². The molecule has 3 aliphatic heterocycles. The molecule has 0 saturated carbocycles. The average molecular weight is 512 g/mol. The van der Waals surface area contributed by atoms with Crippen LogP contribution in [-0.4, -0.2) is 77.2 Å². The van der Waals surface area contributed by atoms with E-state index in [1.165, 1.54) is 0 Å². The molecule has 5 heterocycles. The van der Waals surface area contributed by atoms with E-state index in [4.69, 9.17) is 14.2 Å². The molecular formula is C25H33N7O5. The molecule has 2 bridgehead atoms. The molecule has 3 aliphatic rings. The average Bonchev–Trinajstić information content (AvgIpc) is 3.21. The highest BCUT2D eigenvalue weighted by atomic mass is 16.7. The van der Waals surface area contributed by atoms with Crippen LogP contribution in [-0.2, 0) is 9.47 Å². The maximum atomic E-state index is 13.6. The van der Waals surface area contributed by atoms with Gasteiger partial charge in [0.05, 0.1) is 24.5 Å². The van der Waals surface area contributed by atoms with Crippen LogP contribution in [0.15, 0.2) is 24.5 Å². The molecule has 3 amide bonds. The number of anilines is 3. The molecule has 2 saturated heterocycles. The number of fused-ring (bicyclic) bond motifs is 4. The Labute approximate surface area is 215 Å². The molecule has 2 fully saturated rings. The molecule has 2 N–H and O–H groups in total. The van der Waals surface area contributed by atoms with E-state index in [2.05, 4.69) is 30.5 Å². The quantitative estimate of drug-likeness (QED) is 0.601. The monoisotopic (exact) mass is 511 g/mol. The Morgan fingerprint density at radius 1 is 1.30 bits per heavy atom. The second-order valence-electron chi connectivity index (χ2n) is 10.2. The number of urea groups is 1. The Bertz CT molecular complexity index is 1170. The van der Waals surface area contributed by atoms with Gasteiger partial charge in [0.1, 0.15) is 24.3 Å². The van der Waals surface area contributed by atoms with E-state index in [9.17, 15) is 9.59 Å². The largest absolute Gasteiger partial charge is 0.491 e. The smallest absolute Gasteiger partial charge is 0.329 e. The Morgan fingerprint density at radius 2 is 2.14 bits per heavy atom. The highest BCUT2D eigenvalue weighted by molar-refractivity contribution is 6.04. The van der Waals surface area contributed by atoms with Gasteiger partial charge in [0.25, 0.3) is 5.91 Å². The second kappa shape index (κ2) is 10.1. The van der Waals surface area contributed by atoms with Crippen LogP contribution < -0.4 is 25.2 Å². The van der Waals surface area contributed by atoms with Crippen LogP contribution in [0, 0.1) is 0 Å². The van der Waals surface area contributed by atoms with Crippen molar-refractivity contribution in [1.82, 2.24) is 20.3 Å². The summed E-state index contributed by atoms with van der Waals surface area (Å²) in [5, 5.41) is 5.68. The number of piperidine rings is 1. The summed E-state index contributed by atoms with van der Waals surface area (Å²) in [5.41, 5.74) is 0.735. The zero-order chi connectivity index (χ0) is 26.2. The summed E-state index contributed by atoms with van der Waals surface area (Å²) in [5.74, 6) is 0.348. The van der Waals surface area contributed by atoms with Crippen LogP contribution >= 0.6 is 0 Å². The number of hydrogen-bond acceptors (Lipinski definition) is 9. The van der Waals surface area contributed by atoms with Gasteiger partial charge in [0, 0.05) is 31.4 Å². The molecule has 12 heteroatoms. The molecule has 0 aromatic carbocycles. The van der Waals surface area contributed by atoms with Gasteiger partial charge < -0.3 is 24.4 Å². The maximum Gasteiger partial charge on any atom is 0.329 e. The minimum atomic E-state index is -0.621. The van der Waals surface area contributed by atoms with E-state index in [1.807, 2.05) is 27.7 Å². The molecule has 2 aromatic rings. The van der Waals surface area contributed by atoms with Crippen LogP contribution in [0.4, 0.5) is 22.1 Å². The van der Waals surface area contributed by atoms with E-state index in [0.29, 0.717) is 37.1 Å². The third-order valence-electron chi connectivity index (χ3n) is 6.39. The summed E-state index contributed by atoms with van der Waals surface area (Å²) < 4.78 is 17.2. The molecule has 37 heavy (non-hydrogen) atoms. The van der Waals surface area contributed by atoms with Gasteiger partial charge in [0.2, 0.25) is 5.82 Å². The van der Waals surface area contributed by atoms with Crippen LogP contribution in [0.25, 0.3) is 0 Å². The predicted molar refractivity (Wildman–Crippen MR) is 136 cm³/mol. The lowest BCUT2D eigenvalue weighted by Crippen LogP contribution is -2.56. The summed E-state index contributed by atoms with van der Waals surface area (Å²) in [6.45, 7) is 9.76. The summed E-state index contributed by atoms with van der Waals surface area (Å²) in [7, 11) is 0. The van der Waals surface area contributed by atoms with E-state index >= 15 is 0 Å². The Balaban J connectivity index is 1.33. The van der Waals surface area contributed by atoms with Crippen molar-refractivity contribution in [2.75, 3.05) is 41.4 Å². The molecule has 0 unspecified atom stereocenters. The third-order valence-corrected chi connectivity index (χ3v) is 6.39. The number of aromatic nitrogens is 3. The van der Waals surface area contributed by atoms with Gasteiger partial charge in [-0.2, -0.15) is 0 Å². The standard InChI is InChI=1S/C25H33N7O5/c1-15(2)28-23(33)21-27-11-19-22(30-21)32(16-6-5-9-31(19)12-16)24(34)29-20-10-17(7-8-26-20)35-13-18-14-36-25(3,4)37-18/h7-8,10-11,15-16,18H,5-6,9,12-14H2,1-4H3,(H,28,33)(H,26,29,34)/t16-,18-/m0/s1. The molecule has 2 aromatic heterocycles. The zero-order valence-electron chi connectivity index (χ0n) is 21.6. The molecule has 0 spiro atoms. The third kappa shape index (κ3) is 5.59. The first kappa shape index (κ1) is 25.2. The number of nitrogens with zero attached hydrogens (tertiary/aromatic N) is 5. The maximum absolute atomic E-state index is 13.6. The normalized spacial score (nSPS) is 22.0. The van der Waals surface area contributed by atoms with E-state index in [-0.39, 0.29) is 36.0 Å². The number of carbonyl (C=O) groups is 2. The Kier molecular flexibility index (Phi) is 6.86. The van der Waals surface area contributed by atoms with Gasteiger partial charge in [-0.15, -0.1) is 0 Å². The molecule has 198 valence electrons. The molecule has 2 atom stereocenters. The minimum absolute atomic E-state index is 0.0289. The predicted octanol–water partition coefficient (Wildman–Crippen LogP) is 2.56. The van der Waals surface area contributed by atoms with Gasteiger partial charge in [-0.25, -0.2) is 19.7 Å². The first-order chi connectivity index (χ1) is 17.7. The molecular weight excluding hydrogens is 478 g/mol. The SMILES string of the molecule is CC(C)NC(=O)c1ncc2c(n1)N(C(=O)Nc1cc(OC[C@H]3COC(C)(C)O3)ccn1)[C@H]1CCCN2C1.